The van der Waals surface area contributed by atoms with Crippen LogP contribution in [0.3, 0.4) is 0 Å². The van der Waals surface area contributed by atoms with Gasteiger partial charge < -0.3 is 20.5 Å². The Morgan fingerprint density at radius 2 is 1.84 bits per heavy atom. The van der Waals surface area contributed by atoms with E-state index < -0.39 is 0 Å². The molecule has 0 bridgehead atoms. The molecule has 1 unspecified atom stereocenters. The van der Waals surface area contributed by atoms with Crippen molar-refractivity contribution < 1.29 is 9.84 Å². The number of ether oxygens (including phenoxy) is 1. The average Bonchev–Trinajstić information content (AvgIpc) is 2.58. The molecule has 0 aliphatic rings. The number of hydrogen-bond acceptors (Lipinski definition) is 3. The number of aliphatic hydroxyl groups is 1. The highest BCUT2D eigenvalue weighted by atomic mass is 16.5. The molecule has 0 saturated heterocycles. The molecule has 142 valence electrons. The molecule has 0 heterocycles. The van der Waals surface area contributed by atoms with Crippen LogP contribution >= 0.6 is 0 Å². The molecule has 1 aromatic carbocycles. The van der Waals surface area contributed by atoms with Crippen LogP contribution in [-0.2, 0) is 17.9 Å². The summed E-state index contributed by atoms with van der Waals surface area (Å²) in [7, 11) is 1.70. The zero-order valence-corrected chi connectivity index (χ0v) is 16.2. The summed E-state index contributed by atoms with van der Waals surface area (Å²) in [6.45, 7) is 9.67. The maximum Gasteiger partial charge on any atom is 0.191 e. The maximum absolute atomic E-state index is 9.25. The minimum Gasteiger partial charge on any atom is -0.396 e. The van der Waals surface area contributed by atoms with Crippen molar-refractivity contribution in [3.05, 3.63) is 35.4 Å². The molecular formula is C20H35N3O2. The second-order valence-electron chi connectivity index (χ2n) is 6.83. The monoisotopic (exact) mass is 349 g/mol. The summed E-state index contributed by atoms with van der Waals surface area (Å²) >= 11 is 0. The Balaban J connectivity index is 2.59. The fraction of sp³-hybridized carbons (Fsp3) is 0.650. The number of nitrogens with zero attached hydrogens (tertiary/aromatic N) is 1. The number of aliphatic imine (C=N–C) groups is 1. The lowest BCUT2D eigenvalue weighted by Gasteiger charge is -2.20. The molecule has 1 rings (SSSR count). The smallest absolute Gasteiger partial charge is 0.191 e. The molecule has 0 amide bonds. The molecule has 0 radical (unpaired) electrons. The van der Waals surface area contributed by atoms with Crippen LogP contribution in [0, 0.1) is 11.8 Å². The average molecular weight is 350 g/mol. The Labute approximate surface area is 152 Å². The van der Waals surface area contributed by atoms with Gasteiger partial charge in [0, 0.05) is 26.8 Å². The van der Waals surface area contributed by atoms with Gasteiger partial charge in [-0.25, -0.2) is 4.99 Å². The van der Waals surface area contributed by atoms with Crippen LogP contribution in [0.2, 0.25) is 0 Å². The van der Waals surface area contributed by atoms with Crippen LogP contribution < -0.4 is 10.6 Å². The highest BCUT2D eigenvalue weighted by molar-refractivity contribution is 5.79. The minimum absolute atomic E-state index is 0.237. The molecule has 0 spiro atoms. The molecule has 0 aromatic heterocycles. The predicted octanol–water partition coefficient (Wildman–Crippen LogP) is 2.93. The van der Waals surface area contributed by atoms with Crippen molar-refractivity contribution in [3.8, 4) is 0 Å². The number of hydrogen-bond donors (Lipinski definition) is 3. The van der Waals surface area contributed by atoms with E-state index in [1.807, 2.05) is 0 Å². The number of rotatable bonds is 11. The largest absolute Gasteiger partial charge is 0.396 e. The Bertz CT molecular complexity index is 486. The lowest BCUT2D eigenvalue weighted by atomic mass is 9.94. The van der Waals surface area contributed by atoms with E-state index in [1.165, 1.54) is 11.1 Å². The van der Waals surface area contributed by atoms with Gasteiger partial charge in [-0.3, -0.25) is 0 Å². The van der Waals surface area contributed by atoms with Crippen molar-refractivity contribution in [1.29, 1.82) is 0 Å². The van der Waals surface area contributed by atoms with Crippen LogP contribution in [0.4, 0.5) is 0 Å². The van der Waals surface area contributed by atoms with Gasteiger partial charge in [-0.15, -0.1) is 0 Å². The van der Waals surface area contributed by atoms with Gasteiger partial charge in [0.2, 0.25) is 0 Å². The summed E-state index contributed by atoms with van der Waals surface area (Å²) in [6, 6.07) is 8.34. The number of nitrogens with one attached hydrogen (secondary N) is 2. The van der Waals surface area contributed by atoms with E-state index in [0.29, 0.717) is 25.0 Å². The molecule has 1 atom stereocenters. The first-order chi connectivity index (χ1) is 12.1. The van der Waals surface area contributed by atoms with Crippen molar-refractivity contribution in [3.63, 3.8) is 0 Å². The Morgan fingerprint density at radius 1 is 1.16 bits per heavy atom. The Kier molecular flexibility index (Phi) is 10.9. The lowest BCUT2D eigenvalue weighted by molar-refractivity contribution is 0.185. The van der Waals surface area contributed by atoms with Crippen LogP contribution in [0.5, 0.6) is 0 Å². The predicted molar refractivity (Wildman–Crippen MR) is 105 cm³/mol. The van der Waals surface area contributed by atoms with Gasteiger partial charge in [-0.2, -0.15) is 0 Å². The summed E-state index contributed by atoms with van der Waals surface area (Å²) in [4.78, 5) is 4.67. The molecule has 0 aliphatic heterocycles. The zero-order chi connectivity index (χ0) is 18.5. The van der Waals surface area contributed by atoms with Crippen molar-refractivity contribution in [2.75, 3.05) is 26.8 Å². The molecule has 25 heavy (non-hydrogen) atoms. The Hall–Kier alpha value is -1.59. The first-order valence-corrected chi connectivity index (χ1v) is 9.28. The number of methoxy groups -OCH3 is 1. The van der Waals surface area contributed by atoms with Crippen molar-refractivity contribution in [2.24, 2.45) is 16.8 Å². The molecule has 1 aromatic rings. The third-order valence-corrected chi connectivity index (χ3v) is 4.00. The SMILES string of the molecule is CCNC(=NCc1ccc(COC)cc1)NCC(CCO)CC(C)C. The van der Waals surface area contributed by atoms with Gasteiger partial charge in [-0.1, -0.05) is 38.1 Å². The molecule has 0 saturated carbocycles. The third-order valence-electron chi connectivity index (χ3n) is 4.00. The fourth-order valence-electron chi connectivity index (χ4n) is 2.81. The summed E-state index contributed by atoms with van der Waals surface area (Å²) < 4.78 is 5.13. The second-order valence-corrected chi connectivity index (χ2v) is 6.83. The molecule has 5 nitrogen and oxygen atoms in total. The molecule has 0 fully saturated rings. The van der Waals surface area contributed by atoms with Gasteiger partial charge in [0.1, 0.15) is 0 Å². The van der Waals surface area contributed by atoms with Gasteiger partial charge in [0.25, 0.3) is 0 Å². The van der Waals surface area contributed by atoms with Crippen LogP contribution in [0.15, 0.2) is 29.3 Å². The van der Waals surface area contributed by atoms with Crippen LogP contribution in [0.1, 0.15) is 44.7 Å². The highest BCUT2D eigenvalue weighted by Gasteiger charge is 2.11. The standard InChI is InChI=1S/C20H35N3O2/c1-5-21-20(23-14-19(10-11-24)12-16(2)3)22-13-17-6-8-18(9-7-17)15-25-4/h6-9,16,19,24H,5,10-15H2,1-4H3,(H2,21,22,23). The quantitative estimate of drug-likeness (QED) is 0.424. The summed E-state index contributed by atoms with van der Waals surface area (Å²) in [6.07, 6.45) is 1.93. The first-order valence-electron chi connectivity index (χ1n) is 9.28. The normalized spacial score (nSPS) is 13.1. The first kappa shape index (κ1) is 21.5. The summed E-state index contributed by atoms with van der Waals surface area (Å²) in [5.74, 6) is 1.92. The second kappa shape index (κ2) is 12.7. The van der Waals surface area contributed by atoms with E-state index in [4.69, 9.17) is 4.74 Å². The van der Waals surface area contributed by atoms with Crippen molar-refractivity contribution >= 4 is 5.96 Å². The van der Waals surface area contributed by atoms with E-state index >= 15 is 0 Å². The molecule has 3 N–H and O–H groups in total. The number of guanidine groups is 1. The van der Waals surface area contributed by atoms with Gasteiger partial charge in [0.15, 0.2) is 5.96 Å². The summed E-state index contributed by atoms with van der Waals surface area (Å²) in [5, 5.41) is 16.0. The van der Waals surface area contributed by atoms with E-state index in [2.05, 4.69) is 60.7 Å². The molecule has 0 aliphatic carbocycles. The van der Waals surface area contributed by atoms with Crippen molar-refractivity contribution in [1.82, 2.24) is 10.6 Å². The van der Waals surface area contributed by atoms with Crippen LogP contribution in [-0.4, -0.2) is 37.9 Å². The van der Waals surface area contributed by atoms with E-state index in [9.17, 15) is 5.11 Å². The molecule has 5 heteroatoms. The van der Waals surface area contributed by atoms with Crippen LogP contribution in [0.25, 0.3) is 0 Å². The Morgan fingerprint density at radius 3 is 2.40 bits per heavy atom. The van der Waals surface area contributed by atoms with E-state index in [-0.39, 0.29) is 6.61 Å². The minimum atomic E-state index is 0.237. The van der Waals surface area contributed by atoms with Gasteiger partial charge in [-0.05, 0) is 42.7 Å². The fourth-order valence-corrected chi connectivity index (χ4v) is 2.81. The maximum atomic E-state index is 9.25. The number of aliphatic hydroxyl groups excluding tert-OH is 1. The van der Waals surface area contributed by atoms with E-state index in [0.717, 1.165) is 31.9 Å². The summed E-state index contributed by atoms with van der Waals surface area (Å²) in [5.41, 5.74) is 2.34. The van der Waals surface area contributed by atoms with Gasteiger partial charge >= 0.3 is 0 Å². The topological polar surface area (TPSA) is 65.9 Å². The number of benzene rings is 1. The zero-order valence-electron chi connectivity index (χ0n) is 16.2. The van der Waals surface area contributed by atoms with Gasteiger partial charge in [0.05, 0.1) is 13.2 Å². The van der Waals surface area contributed by atoms with Crippen molar-refractivity contribution in [2.45, 2.75) is 46.8 Å². The lowest BCUT2D eigenvalue weighted by Crippen LogP contribution is -2.40. The third kappa shape index (κ3) is 9.46. The van der Waals surface area contributed by atoms with E-state index in [1.54, 1.807) is 7.11 Å². The highest BCUT2D eigenvalue weighted by Crippen LogP contribution is 2.14. The molecular weight excluding hydrogens is 314 g/mol.